The number of hydrogen-bond donors (Lipinski definition) is 1. The number of amides is 2. The molecule has 22 heavy (non-hydrogen) atoms. The Morgan fingerprint density at radius 2 is 1.68 bits per heavy atom. The van der Waals surface area contributed by atoms with E-state index in [1.807, 2.05) is 21.7 Å². The minimum absolute atomic E-state index is 0. The Balaban J connectivity index is 0.00000242. The molecule has 1 N–H and O–H groups in total. The van der Waals surface area contributed by atoms with Gasteiger partial charge in [-0.1, -0.05) is 6.92 Å². The molecule has 0 aromatic heterocycles. The molecule has 2 aliphatic heterocycles. The summed E-state index contributed by atoms with van der Waals surface area (Å²) < 4.78 is 0. The number of rotatable bonds is 4. The first-order valence-corrected chi connectivity index (χ1v) is 8.01. The highest BCUT2D eigenvalue weighted by molar-refractivity contribution is 5.85. The second kappa shape index (κ2) is 9.33. The van der Waals surface area contributed by atoms with Crippen LogP contribution in [-0.4, -0.2) is 85.9 Å². The Kier molecular flexibility index (Phi) is 8.14. The number of piperidine rings is 1. The van der Waals surface area contributed by atoms with Crippen molar-refractivity contribution in [2.45, 2.75) is 19.8 Å². The van der Waals surface area contributed by atoms with Crippen LogP contribution in [0.15, 0.2) is 0 Å². The van der Waals surface area contributed by atoms with Gasteiger partial charge in [-0.15, -0.1) is 12.4 Å². The number of likely N-dealkylation sites (N-methyl/N-ethyl adjacent to an activating group) is 1. The summed E-state index contributed by atoms with van der Waals surface area (Å²) >= 11 is 0. The Morgan fingerprint density at radius 3 is 2.27 bits per heavy atom. The third-order valence-corrected chi connectivity index (χ3v) is 4.29. The molecule has 2 amide bonds. The molecule has 2 heterocycles. The van der Waals surface area contributed by atoms with Gasteiger partial charge in [0.05, 0.1) is 13.1 Å². The number of halogens is 1. The molecule has 0 spiro atoms. The van der Waals surface area contributed by atoms with Crippen molar-refractivity contribution >= 4 is 24.2 Å². The van der Waals surface area contributed by atoms with Crippen molar-refractivity contribution in [1.82, 2.24) is 20.0 Å². The van der Waals surface area contributed by atoms with Crippen molar-refractivity contribution in [1.29, 1.82) is 0 Å². The molecule has 7 heteroatoms. The smallest absolute Gasteiger partial charge is 0.236 e. The Bertz CT molecular complexity index is 375. The van der Waals surface area contributed by atoms with E-state index in [0.29, 0.717) is 19.0 Å². The minimum Gasteiger partial charge on any atom is -0.341 e. The number of carbonyl (C=O) groups is 2. The maximum Gasteiger partial charge on any atom is 0.236 e. The lowest BCUT2D eigenvalue weighted by molar-refractivity contribution is -0.136. The Labute approximate surface area is 139 Å². The Morgan fingerprint density at radius 1 is 1.09 bits per heavy atom. The van der Waals surface area contributed by atoms with Crippen LogP contribution in [0.2, 0.25) is 0 Å². The molecule has 0 aromatic carbocycles. The van der Waals surface area contributed by atoms with Crippen LogP contribution in [0.25, 0.3) is 0 Å². The van der Waals surface area contributed by atoms with E-state index in [1.165, 1.54) is 6.42 Å². The van der Waals surface area contributed by atoms with Crippen molar-refractivity contribution in [2.24, 2.45) is 5.92 Å². The summed E-state index contributed by atoms with van der Waals surface area (Å²) in [6.07, 6.45) is 2.30. The van der Waals surface area contributed by atoms with Gasteiger partial charge in [0.15, 0.2) is 0 Å². The largest absolute Gasteiger partial charge is 0.341 e. The normalized spacial score (nSPS) is 22.4. The van der Waals surface area contributed by atoms with Crippen LogP contribution in [0.1, 0.15) is 19.8 Å². The zero-order chi connectivity index (χ0) is 15.2. The maximum absolute atomic E-state index is 12.3. The van der Waals surface area contributed by atoms with Gasteiger partial charge in [-0.05, 0) is 25.8 Å². The molecular formula is C15H29ClN4O2. The summed E-state index contributed by atoms with van der Waals surface area (Å²) in [5, 5.41) is 3.23. The summed E-state index contributed by atoms with van der Waals surface area (Å²) in [5.41, 5.74) is 0. The summed E-state index contributed by atoms with van der Waals surface area (Å²) in [7, 11) is 1.85. The van der Waals surface area contributed by atoms with Crippen molar-refractivity contribution in [2.75, 3.05) is 59.4 Å². The van der Waals surface area contributed by atoms with Gasteiger partial charge in [0.1, 0.15) is 0 Å². The van der Waals surface area contributed by atoms with Crippen molar-refractivity contribution in [3.05, 3.63) is 0 Å². The predicted molar refractivity (Wildman–Crippen MR) is 89.2 cm³/mol. The van der Waals surface area contributed by atoms with Crippen molar-refractivity contribution in [3.63, 3.8) is 0 Å². The molecule has 0 radical (unpaired) electrons. The van der Waals surface area contributed by atoms with E-state index in [0.717, 1.165) is 45.7 Å². The highest BCUT2D eigenvalue weighted by Crippen LogP contribution is 2.15. The summed E-state index contributed by atoms with van der Waals surface area (Å²) in [6, 6.07) is 0. The lowest BCUT2D eigenvalue weighted by atomic mass is 10.0. The molecule has 2 aliphatic rings. The van der Waals surface area contributed by atoms with Crippen LogP contribution in [0.3, 0.4) is 0 Å². The molecule has 0 aromatic rings. The van der Waals surface area contributed by atoms with Gasteiger partial charge >= 0.3 is 0 Å². The molecule has 1 atom stereocenters. The molecule has 0 saturated carbocycles. The minimum atomic E-state index is 0. The average Bonchev–Trinajstić information content (AvgIpc) is 2.48. The van der Waals surface area contributed by atoms with Crippen molar-refractivity contribution in [3.8, 4) is 0 Å². The van der Waals surface area contributed by atoms with Gasteiger partial charge < -0.3 is 15.1 Å². The van der Waals surface area contributed by atoms with Gasteiger partial charge in [-0.25, -0.2) is 0 Å². The molecule has 0 bridgehead atoms. The van der Waals surface area contributed by atoms with E-state index >= 15 is 0 Å². The van der Waals surface area contributed by atoms with Gasteiger partial charge in [-0.3, -0.25) is 14.5 Å². The third kappa shape index (κ3) is 5.74. The number of likely N-dealkylation sites (tertiary alicyclic amines) is 1. The fraction of sp³-hybridized carbons (Fsp3) is 0.867. The fourth-order valence-corrected chi connectivity index (χ4v) is 3.05. The van der Waals surface area contributed by atoms with Crippen LogP contribution >= 0.6 is 12.4 Å². The lowest BCUT2D eigenvalue weighted by Gasteiger charge is -2.33. The summed E-state index contributed by atoms with van der Waals surface area (Å²) in [5.74, 6) is 0.867. The fourth-order valence-electron chi connectivity index (χ4n) is 3.05. The monoisotopic (exact) mass is 332 g/mol. The van der Waals surface area contributed by atoms with E-state index < -0.39 is 0 Å². The van der Waals surface area contributed by atoms with Crippen LogP contribution in [0.5, 0.6) is 0 Å². The van der Waals surface area contributed by atoms with Crippen molar-refractivity contribution < 1.29 is 9.59 Å². The molecule has 128 valence electrons. The molecule has 2 rings (SSSR count). The van der Waals surface area contributed by atoms with Crippen LogP contribution in [-0.2, 0) is 9.59 Å². The highest BCUT2D eigenvalue weighted by Gasteiger charge is 2.23. The zero-order valence-electron chi connectivity index (χ0n) is 13.7. The molecule has 0 aliphatic carbocycles. The maximum atomic E-state index is 12.3. The lowest BCUT2D eigenvalue weighted by Crippen LogP contribution is -2.50. The molecule has 2 saturated heterocycles. The molecule has 2 fully saturated rings. The number of nitrogens with one attached hydrogen (secondary N) is 1. The molecular weight excluding hydrogens is 304 g/mol. The number of piperazine rings is 1. The first-order chi connectivity index (χ1) is 10.1. The quantitative estimate of drug-likeness (QED) is 0.789. The van der Waals surface area contributed by atoms with Gasteiger partial charge in [0.2, 0.25) is 11.8 Å². The average molecular weight is 333 g/mol. The topological polar surface area (TPSA) is 55.9 Å². The van der Waals surface area contributed by atoms with Gasteiger partial charge in [0, 0.05) is 39.3 Å². The van der Waals surface area contributed by atoms with Crippen LogP contribution in [0, 0.1) is 5.92 Å². The van der Waals surface area contributed by atoms with E-state index in [4.69, 9.17) is 0 Å². The molecule has 1 unspecified atom stereocenters. The third-order valence-electron chi connectivity index (χ3n) is 4.29. The second-order valence-corrected chi connectivity index (χ2v) is 6.39. The Hall–Kier alpha value is -0.850. The molecule has 6 nitrogen and oxygen atoms in total. The van der Waals surface area contributed by atoms with E-state index in [1.54, 1.807) is 0 Å². The first-order valence-electron chi connectivity index (χ1n) is 8.01. The van der Waals surface area contributed by atoms with Crippen LogP contribution < -0.4 is 5.32 Å². The van der Waals surface area contributed by atoms with Gasteiger partial charge in [-0.2, -0.15) is 0 Å². The van der Waals surface area contributed by atoms with E-state index in [-0.39, 0.29) is 24.2 Å². The summed E-state index contributed by atoms with van der Waals surface area (Å²) in [4.78, 5) is 30.1. The van der Waals surface area contributed by atoms with E-state index in [9.17, 15) is 9.59 Å². The van der Waals surface area contributed by atoms with E-state index in [2.05, 4.69) is 12.2 Å². The zero-order valence-corrected chi connectivity index (χ0v) is 14.5. The number of nitrogens with zero attached hydrogens (tertiary/aromatic N) is 3. The SMILES string of the molecule is CC1CCCN(C(=O)CN(C)CC(=O)N2CCNCC2)C1.Cl. The van der Waals surface area contributed by atoms with Crippen LogP contribution in [0.4, 0.5) is 0 Å². The van der Waals surface area contributed by atoms with Gasteiger partial charge in [0.25, 0.3) is 0 Å². The number of carbonyl (C=O) groups excluding carboxylic acids is 2. The standard InChI is InChI=1S/C15H28N4O2.ClH/c1-13-4-3-7-19(10-13)15(21)12-17(2)11-14(20)18-8-5-16-6-9-18;/h13,16H,3-12H2,1-2H3;1H. The first kappa shape index (κ1) is 19.2. The predicted octanol–water partition coefficient (Wildman–Crippen LogP) is 0.0303. The second-order valence-electron chi connectivity index (χ2n) is 6.39. The highest BCUT2D eigenvalue weighted by atomic mass is 35.5. The number of hydrogen-bond acceptors (Lipinski definition) is 4. The summed E-state index contributed by atoms with van der Waals surface area (Å²) in [6.45, 7) is 7.84.